The van der Waals surface area contributed by atoms with Crippen LogP contribution in [0.4, 0.5) is 0 Å². The van der Waals surface area contributed by atoms with Crippen LogP contribution in [0.2, 0.25) is 0 Å². The summed E-state index contributed by atoms with van der Waals surface area (Å²) in [5, 5.41) is 11.1. The molecule has 1 heteroatoms. The summed E-state index contributed by atoms with van der Waals surface area (Å²) in [6.07, 6.45) is 0.839. The van der Waals surface area contributed by atoms with Gasteiger partial charge in [-0.3, -0.25) is 5.11 Å². The van der Waals surface area contributed by atoms with Gasteiger partial charge in [0, 0.05) is 5.56 Å². The van der Waals surface area contributed by atoms with Crippen LogP contribution in [0.25, 0.3) is 0 Å². The summed E-state index contributed by atoms with van der Waals surface area (Å²) in [6, 6.07) is 5.39. The lowest BCUT2D eigenvalue weighted by Gasteiger charge is -2.01. The van der Waals surface area contributed by atoms with Gasteiger partial charge in [0.25, 0.3) is 0 Å². The maximum Gasteiger partial charge on any atom is 0.182 e. The Morgan fingerprint density at radius 2 is 2.10 bits per heavy atom. The molecule has 1 rings (SSSR count). The molecule has 53 valence electrons. The molecule has 0 spiro atoms. The fourth-order valence-corrected chi connectivity index (χ4v) is 1.13. The van der Waals surface area contributed by atoms with Crippen molar-refractivity contribution >= 4 is 0 Å². The van der Waals surface area contributed by atoms with E-state index >= 15 is 0 Å². The van der Waals surface area contributed by atoms with Gasteiger partial charge >= 0.3 is 0 Å². The Labute approximate surface area is 61.3 Å². The smallest absolute Gasteiger partial charge is 0.182 e. The third-order valence-corrected chi connectivity index (χ3v) is 1.72. The first-order chi connectivity index (χ1) is 4.75. The van der Waals surface area contributed by atoms with Crippen LogP contribution in [0.15, 0.2) is 18.2 Å². The Bertz CT molecular complexity index is 208. The van der Waals surface area contributed by atoms with Gasteiger partial charge in [-0.2, -0.15) is 0 Å². The van der Waals surface area contributed by atoms with Crippen molar-refractivity contribution in [3.05, 3.63) is 29.3 Å². The summed E-state index contributed by atoms with van der Waals surface area (Å²) < 4.78 is 0. The summed E-state index contributed by atoms with van der Waals surface area (Å²) in [7, 11) is 0. The zero-order chi connectivity index (χ0) is 7.56. The largest absolute Gasteiger partial charge is 0.290 e. The molecular formula is C9H11O. The first-order valence-electron chi connectivity index (χ1n) is 3.51. The molecule has 0 unspecified atom stereocenters. The van der Waals surface area contributed by atoms with E-state index in [9.17, 15) is 5.11 Å². The third kappa shape index (κ3) is 1.13. The molecule has 0 heterocycles. The molecule has 0 saturated carbocycles. The average Bonchev–Trinajstić information content (AvgIpc) is 1.88. The van der Waals surface area contributed by atoms with Crippen molar-refractivity contribution in [2.24, 2.45) is 0 Å². The van der Waals surface area contributed by atoms with E-state index in [4.69, 9.17) is 0 Å². The Kier molecular flexibility index (Phi) is 1.95. The molecule has 0 aromatic heterocycles. The number of benzene rings is 1. The Morgan fingerprint density at radius 1 is 1.40 bits per heavy atom. The number of hydrogen-bond donors (Lipinski definition) is 0. The number of aryl methyl sites for hydroxylation is 1. The highest BCUT2D eigenvalue weighted by Gasteiger charge is 2.01. The van der Waals surface area contributed by atoms with E-state index < -0.39 is 0 Å². The van der Waals surface area contributed by atoms with Gasteiger partial charge in [0.05, 0.1) is 0 Å². The van der Waals surface area contributed by atoms with E-state index in [1.165, 1.54) is 0 Å². The molecule has 0 bridgehead atoms. The summed E-state index contributed by atoms with van der Waals surface area (Å²) >= 11 is 0. The van der Waals surface area contributed by atoms with E-state index in [1.54, 1.807) is 12.1 Å². The lowest BCUT2D eigenvalue weighted by atomic mass is 10.1. The molecule has 1 nitrogen and oxygen atoms in total. The van der Waals surface area contributed by atoms with Crippen LogP contribution in [-0.4, -0.2) is 0 Å². The zero-order valence-corrected chi connectivity index (χ0v) is 6.35. The SMILES string of the molecule is CCc1c(C)cccc1[O]. The second kappa shape index (κ2) is 2.74. The predicted octanol–water partition coefficient (Wildman–Crippen LogP) is 2.70. The Morgan fingerprint density at radius 3 is 2.50 bits per heavy atom. The highest BCUT2D eigenvalue weighted by Crippen LogP contribution is 2.20. The van der Waals surface area contributed by atoms with Crippen LogP contribution in [0.3, 0.4) is 0 Å². The first-order valence-corrected chi connectivity index (χ1v) is 3.51. The van der Waals surface area contributed by atoms with Crippen molar-refractivity contribution < 1.29 is 5.11 Å². The van der Waals surface area contributed by atoms with E-state index in [0.717, 1.165) is 17.5 Å². The van der Waals surface area contributed by atoms with Crippen LogP contribution in [0, 0.1) is 6.92 Å². The maximum absolute atomic E-state index is 11.1. The minimum absolute atomic E-state index is 0.169. The molecule has 0 N–H and O–H groups in total. The molecule has 0 amide bonds. The van der Waals surface area contributed by atoms with Crippen LogP contribution >= 0.6 is 0 Å². The van der Waals surface area contributed by atoms with Crippen LogP contribution in [-0.2, 0) is 11.5 Å². The van der Waals surface area contributed by atoms with Gasteiger partial charge in [0.1, 0.15) is 0 Å². The third-order valence-electron chi connectivity index (χ3n) is 1.72. The van der Waals surface area contributed by atoms with Gasteiger partial charge in [-0.25, -0.2) is 0 Å². The van der Waals surface area contributed by atoms with E-state index in [1.807, 2.05) is 19.9 Å². The lowest BCUT2D eigenvalue weighted by molar-refractivity contribution is 0.350. The Hall–Kier alpha value is -0.980. The van der Waals surface area contributed by atoms with Crippen molar-refractivity contribution in [3.63, 3.8) is 0 Å². The van der Waals surface area contributed by atoms with Gasteiger partial charge in [-0.05, 0) is 25.0 Å². The second-order valence-electron chi connectivity index (χ2n) is 2.41. The topological polar surface area (TPSA) is 19.9 Å². The maximum atomic E-state index is 11.1. The van der Waals surface area contributed by atoms with Gasteiger partial charge in [-0.15, -0.1) is 0 Å². The molecule has 0 saturated heterocycles. The molecule has 1 aromatic carbocycles. The quantitative estimate of drug-likeness (QED) is 0.564. The molecule has 0 aliphatic rings. The van der Waals surface area contributed by atoms with E-state index in [-0.39, 0.29) is 5.75 Å². The molecule has 0 fully saturated rings. The molecule has 0 aliphatic carbocycles. The second-order valence-corrected chi connectivity index (χ2v) is 2.41. The minimum Gasteiger partial charge on any atom is -0.290 e. The van der Waals surface area contributed by atoms with Gasteiger partial charge in [0.15, 0.2) is 5.75 Å². The number of rotatable bonds is 1. The van der Waals surface area contributed by atoms with Crippen molar-refractivity contribution in [2.45, 2.75) is 20.3 Å². The molecule has 0 atom stereocenters. The average molecular weight is 135 g/mol. The zero-order valence-electron chi connectivity index (χ0n) is 6.35. The monoisotopic (exact) mass is 135 g/mol. The van der Waals surface area contributed by atoms with Crippen molar-refractivity contribution in [3.8, 4) is 5.75 Å². The highest BCUT2D eigenvalue weighted by molar-refractivity contribution is 5.37. The minimum atomic E-state index is 0.169. The molecular weight excluding hydrogens is 124 g/mol. The Balaban J connectivity index is 3.17. The fraction of sp³-hybridized carbons (Fsp3) is 0.333. The normalized spacial score (nSPS) is 9.80. The summed E-state index contributed by atoms with van der Waals surface area (Å²) in [4.78, 5) is 0. The summed E-state index contributed by atoms with van der Waals surface area (Å²) in [6.45, 7) is 3.98. The van der Waals surface area contributed by atoms with Gasteiger partial charge in [0.2, 0.25) is 0 Å². The lowest BCUT2D eigenvalue weighted by Crippen LogP contribution is -1.84. The van der Waals surface area contributed by atoms with Crippen LogP contribution in [0.1, 0.15) is 18.1 Å². The van der Waals surface area contributed by atoms with E-state index in [2.05, 4.69) is 0 Å². The standard InChI is InChI=1S/C9H11O/c1-3-8-7(2)5-4-6-9(8)10/h4-6H,3H2,1-2H3. The van der Waals surface area contributed by atoms with Crippen molar-refractivity contribution in [1.29, 1.82) is 0 Å². The highest BCUT2D eigenvalue weighted by atomic mass is 16.3. The molecule has 1 radical (unpaired) electrons. The molecule has 10 heavy (non-hydrogen) atoms. The van der Waals surface area contributed by atoms with E-state index in [0.29, 0.717) is 0 Å². The summed E-state index contributed by atoms with van der Waals surface area (Å²) in [5.41, 5.74) is 2.05. The van der Waals surface area contributed by atoms with Crippen molar-refractivity contribution in [2.75, 3.05) is 0 Å². The predicted molar refractivity (Wildman–Crippen MR) is 40.7 cm³/mol. The van der Waals surface area contributed by atoms with Crippen LogP contribution < -0.4 is 0 Å². The fourth-order valence-electron chi connectivity index (χ4n) is 1.13. The number of hydrogen-bond acceptors (Lipinski definition) is 0. The summed E-state index contributed by atoms with van der Waals surface area (Å²) in [5.74, 6) is 0.169. The van der Waals surface area contributed by atoms with Gasteiger partial charge < -0.3 is 0 Å². The molecule has 1 aromatic rings. The molecule has 0 aliphatic heterocycles. The first kappa shape index (κ1) is 7.13. The van der Waals surface area contributed by atoms with Crippen molar-refractivity contribution in [1.82, 2.24) is 0 Å². The van der Waals surface area contributed by atoms with Crippen LogP contribution in [0.5, 0.6) is 5.75 Å². The van der Waals surface area contributed by atoms with Gasteiger partial charge in [-0.1, -0.05) is 19.1 Å².